The van der Waals surface area contributed by atoms with Gasteiger partial charge >= 0.3 is 0 Å². The van der Waals surface area contributed by atoms with Gasteiger partial charge in [0.05, 0.1) is 4.20 Å². The van der Waals surface area contributed by atoms with E-state index >= 15 is 0 Å². The van der Waals surface area contributed by atoms with Crippen LogP contribution in [-0.4, -0.2) is 4.20 Å². The van der Waals surface area contributed by atoms with E-state index < -0.39 is 0 Å². The van der Waals surface area contributed by atoms with Gasteiger partial charge in [-0.3, -0.25) is 10.3 Å². The van der Waals surface area contributed by atoms with Gasteiger partial charge in [-0.1, -0.05) is 22.8 Å². The van der Waals surface area contributed by atoms with Crippen molar-refractivity contribution in [2.24, 2.45) is 10.3 Å². The highest BCUT2D eigenvalue weighted by Crippen LogP contribution is 2.16. The lowest BCUT2D eigenvalue weighted by molar-refractivity contribution is 1.97. The van der Waals surface area contributed by atoms with Crippen LogP contribution in [-0.2, 0) is 0 Å². The number of allylic oxidation sites excluding steroid dienone is 2. The molecular weight excluding hydrogens is 152 g/mol. The fourth-order valence-corrected chi connectivity index (χ4v) is 1.90. The summed E-state index contributed by atoms with van der Waals surface area (Å²) in [6, 6.07) is 0. The zero-order valence-corrected chi connectivity index (χ0v) is 6.41. The zero-order valence-electron chi connectivity index (χ0n) is 4.78. The number of hydrogen-bond acceptors (Lipinski definition) is 3. The third kappa shape index (κ3) is 1.69. The van der Waals surface area contributed by atoms with E-state index in [1.54, 1.807) is 0 Å². The highest BCUT2D eigenvalue weighted by Gasteiger charge is 1.95. The van der Waals surface area contributed by atoms with E-state index in [0.29, 0.717) is 0 Å². The van der Waals surface area contributed by atoms with Crippen LogP contribution in [0, 0.1) is 0 Å². The van der Waals surface area contributed by atoms with Gasteiger partial charge in [-0.2, -0.15) is 0 Å². The molecule has 4 heteroatoms. The summed E-state index contributed by atoms with van der Waals surface area (Å²) in [4.78, 5) is 0. The molecule has 0 aromatic heterocycles. The molecule has 1 atom stereocenters. The van der Waals surface area contributed by atoms with E-state index in [1.807, 2.05) is 23.6 Å². The van der Waals surface area contributed by atoms with Gasteiger partial charge in [0.1, 0.15) is 0 Å². The van der Waals surface area contributed by atoms with Gasteiger partial charge < -0.3 is 0 Å². The minimum atomic E-state index is -0.241. The molecule has 0 aromatic rings. The van der Waals surface area contributed by atoms with Crippen molar-refractivity contribution in [2.75, 3.05) is 0 Å². The Morgan fingerprint density at radius 3 is 2.67 bits per heavy atom. The molecule has 0 saturated carbocycles. The summed E-state index contributed by atoms with van der Waals surface area (Å²) in [7, 11) is -0.241. The largest absolute Gasteiger partial charge is 0.279 e. The molecule has 1 rings (SSSR count). The first-order valence-electron chi connectivity index (χ1n) is 2.40. The van der Waals surface area contributed by atoms with Crippen LogP contribution in [0.1, 0.15) is 0 Å². The molecule has 9 heavy (non-hydrogen) atoms. The molecule has 1 aliphatic heterocycles. The van der Waals surface area contributed by atoms with E-state index in [1.165, 1.54) is 11.9 Å². The fourth-order valence-electron chi connectivity index (χ4n) is 0.505. The molecule has 0 amide bonds. The summed E-state index contributed by atoms with van der Waals surface area (Å²) in [5.74, 6) is 0. The molecule has 0 aromatic carbocycles. The van der Waals surface area contributed by atoms with E-state index in [0.717, 1.165) is 4.20 Å². The van der Waals surface area contributed by atoms with Crippen LogP contribution in [0.5, 0.6) is 0 Å². The third-order valence-electron chi connectivity index (χ3n) is 0.917. The summed E-state index contributed by atoms with van der Waals surface area (Å²) < 4.78 is 1.04. The van der Waals surface area contributed by atoms with Crippen molar-refractivity contribution in [3.05, 3.63) is 23.6 Å². The highest BCUT2D eigenvalue weighted by atomic mass is 32.2. The summed E-state index contributed by atoms with van der Waals surface area (Å²) in [6.45, 7) is 0. The Morgan fingerprint density at radius 2 is 2.22 bits per heavy atom. The fraction of sp³-hybridized carbons (Fsp3) is 0. The van der Waals surface area contributed by atoms with E-state index in [2.05, 4.69) is 0 Å². The van der Waals surface area contributed by atoms with Crippen LogP contribution >= 0.6 is 22.6 Å². The molecule has 4 N–H and O–H groups in total. The van der Waals surface area contributed by atoms with Crippen molar-refractivity contribution < 1.29 is 0 Å². The Labute approximate surface area is 61.2 Å². The van der Waals surface area contributed by atoms with Crippen LogP contribution in [0.15, 0.2) is 23.6 Å². The Hall–Kier alpha value is -0.0300. The highest BCUT2D eigenvalue weighted by molar-refractivity contribution is 8.33. The van der Waals surface area contributed by atoms with Crippen LogP contribution in [0.4, 0.5) is 0 Å². The summed E-state index contributed by atoms with van der Waals surface area (Å²) in [6.07, 6.45) is 5.81. The minimum Gasteiger partial charge on any atom is -0.279 e. The van der Waals surface area contributed by atoms with Gasteiger partial charge in [0, 0.05) is 0 Å². The first kappa shape index (κ1) is 7.08. The Bertz CT molecular complexity index is 193. The lowest BCUT2D eigenvalue weighted by atomic mass is 10.5. The van der Waals surface area contributed by atoms with Crippen LogP contribution < -0.4 is 10.3 Å². The molecule has 0 spiro atoms. The van der Waals surface area contributed by atoms with Crippen molar-refractivity contribution >= 4 is 26.8 Å². The summed E-state index contributed by atoms with van der Waals surface area (Å²) >= 11 is 1.22. The third-order valence-corrected chi connectivity index (χ3v) is 3.20. The lowest BCUT2D eigenvalue weighted by Crippen LogP contribution is -1.98. The lowest BCUT2D eigenvalue weighted by Gasteiger charge is -2.03. The quantitative estimate of drug-likeness (QED) is 0.410. The molecule has 1 unspecified atom stereocenters. The Balaban J connectivity index is 2.88. The van der Waals surface area contributed by atoms with E-state index in [9.17, 15) is 0 Å². The first-order chi connectivity index (χ1) is 4.34. The molecule has 50 valence electrons. The molecule has 1 aliphatic rings. The summed E-state index contributed by atoms with van der Waals surface area (Å²) in [5, 5.41) is 12.9. The molecule has 0 saturated heterocycles. The van der Waals surface area contributed by atoms with Gasteiger partial charge in [-0.05, 0) is 23.4 Å². The van der Waals surface area contributed by atoms with Gasteiger partial charge in [0.2, 0.25) is 0 Å². The molecule has 0 radical (unpaired) electrons. The maximum atomic E-state index is 5.64. The van der Waals surface area contributed by atoms with Gasteiger partial charge in [0.25, 0.3) is 0 Å². The number of nitrogens with two attached hydrogens (primary N) is 2. The van der Waals surface area contributed by atoms with Crippen LogP contribution in [0.3, 0.4) is 0 Å². The van der Waals surface area contributed by atoms with Crippen molar-refractivity contribution in [3.63, 3.8) is 0 Å². The second-order valence-electron chi connectivity index (χ2n) is 1.50. The number of hydrogen-bond donors (Lipinski definition) is 2. The monoisotopic (exact) mass is 160 g/mol. The second-order valence-corrected chi connectivity index (χ2v) is 3.89. The van der Waals surface area contributed by atoms with Crippen molar-refractivity contribution in [1.82, 2.24) is 0 Å². The zero-order chi connectivity index (χ0) is 6.69. The Kier molecular flexibility index (Phi) is 2.53. The standard InChI is InChI=1S/C5H8N2S2/c6-8-5-3-1-2-4-9(5)7/h1-4H,6-7H2. The number of rotatable bonds is 0. The predicted octanol–water partition coefficient (Wildman–Crippen LogP) is 0.949. The van der Waals surface area contributed by atoms with Crippen molar-refractivity contribution in [1.29, 1.82) is 0 Å². The molecular formula is C5H8N2S2. The normalized spacial score (nSPS) is 25.1. The predicted molar refractivity (Wildman–Crippen MR) is 46.8 cm³/mol. The van der Waals surface area contributed by atoms with Gasteiger partial charge in [-0.15, -0.1) is 0 Å². The minimum absolute atomic E-state index is 0.241. The van der Waals surface area contributed by atoms with E-state index in [4.69, 9.17) is 10.3 Å². The smallest absolute Gasteiger partial charge is 0.0635 e. The maximum absolute atomic E-state index is 5.64. The molecule has 0 bridgehead atoms. The van der Waals surface area contributed by atoms with E-state index in [-0.39, 0.29) is 10.7 Å². The van der Waals surface area contributed by atoms with Gasteiger partial charge in [-0.25, -0.2) is 0 Å². The average Bonchev–Trinajstić information content (AvgIpc) is 1.89. The average molecular weight is 160 g/mol. The first-order valence-corrected chi connectivity index (χ1v) is 4.63. The topological polar surface area (TPSA) is 52.0 Å². The molecule has 0 fully saturated rings. The second kappa shape index (κ2) is 3.22. The SMILES string of the molecule is NSC1=S(N)C=CC=C1. The van der Waals surface area contributed by atoms with Crippen molar-refractivity contribution in [3.8, 4) is 0 Å². The molecule has 1 heterocycles. The molecule has 0 aliphatic carbocycles. The van der Waals surface area contributed by atoms with Crippen LogP contribution in [0.25, 0.3) is 0 Å². The van der Waals surface area contributed by atoms with Gasteiger partial charge in [0.15, 0.2) is 0 Å². The van der Waals surface area contributed by atoms with Crippen molar-refractivity contribution in [2.45, 2.75) is 0 Å². The Morgan fingerprint density at radius 1 is 1.44 bits per heavy atom. The maximum Gasteiger partial charge on any atom is 0.0635 e. The molecule has 2 nitrogen and oxygen atoms in total. The summed E-state index contributed by atoms with van der Waals surface area (Å²) in [5.41, 5.74) is 0. The van der Waals surface area contributed by atoms with Crippen LogP contribution in [0.2, 0.25) is 0 Å².